The van der Waals surface area contributed by atoms with Crippen LogP contribution in [0.2, 0.25) is 0 Å². The molecule has 104 valence electrons. The molecule has 0 spiro atoms. The number of hydrogen-bond donors (Lipinski definition) is 0. The lowest BCUT2D eigenvalue weighted by Gasteiger charge is -2.31. The number of carbonyl (C=O) groups excluding carboxylic acids is 1. The smallest absolute Gasteiger partial charge is 0.404 e. The predicted molar refractivity (Wildman–Crippen MR) is 77.5 cm³/mol. The van der Waals surface area contributed by atoms with Crippen LogP contribution in [0.5, 0.6) is 0 Å². The lowest BCUT2D eigenvalue weighted by molar-refractivity contribution is -0.00477. The first-order valence-electron chi connectivity index (χ1n) is 7.04. The molecule has 0 bridgehead atoms. The minimum atomic E-state index is -0.709. The van der Waals surface area contributed by atoms with E-state index in [-0.39, 0.29) is 0 Å². The van der Waals surface area contributed by atoms with Gasteiger partial charge in [0.25, 0.3) is 0 Å². The van der Waals surface area contributed by atoms with Crippen molar-refractivity contribution in [3.05, 3.63) is 35.4 Å². The van der Waals surface area contributed by atoms with E-state index >= 15 is 0 Å². The van der Waals surface area contributed by atoms with E-state index in [1.807, 2.05) is 19.1 Å². The SMILES string of the molecule is CCCCCC1Cc2ccccc2C1(C)OC(=O)Cl. The highest BCUT2D eigenvalue weighted by atomic mass is 35.5. The molecule has 1 aliphatic rings. The molecule has 2 unspecified atom stereocenters. The summed E-state index contributed by atoms with van der Waals surface area (Å²) in [5, 5.41) is 0. The molecule has 0 aliphatic heterocycles. The molecular formula is C16H21ClO2. The molecule has 1 aromatic carbocycles. The van der Waals surface area contributed by atoms with Crippen molar-refractivity contribution in [1.82, 2.24) is 0 Å². The number of benzene rings is 1. The Labute approximate surface area is 120 Å². The lowest BCUT2D eigenvalue weighted by atomic mass is 9.85. The van der Waals surface area contributed by atoms with E-state index < -0.39 is 11.0 Å². The Balaban J connectivity index is 2.23. The third kappa shape index (κ3) is 2.94. The molecule has 2 nitrogen and oxygen atoms in total. The van der Waals surface area contributed by atoms with Crippen LogP contribution in [0.25, 0.3) is 0 Å². The van der Waals surface area contributed by atoms with Gasteiger partial charge in [-0.05, 0) is 30.9 Å². The van der Waals surface area contributed by atoms with Crippen molar-refractivity contribution in [2.24, 2.45) is 5.92 Å². The highest BCUT2D eigenvalue weighted by Gasteiger charge is 2.45. The summed E-state index contributed by atoms with van der Waals surface area (Å²) in [5.41, 5.74) is 1.12. The van der Waals surface area contributed by atoms with E-state index in [1.54, 1.807) is 0 Å². The van der Waals surface area contributed by atoms with Gasteiger partial charge in [-0.3, -0.25) is 0 Å². The number of fused-ring (bicyclic) bond motifs is 1. The molecule has 1 aliphatic carbocycles. The van der Waals surface area contributed by atoms with E-state index in [9.17, 15) is 4.79 Å². The minimum absolute atomic E-state index is 0.333. The average Bonchev–Trinajstić information content (AvgIpc) is 2.63. The highest BCUT2D eigenvalue weighted by molar-refractivity contribution is 6.61. The van der Waals surface area contributed by atoms with Gasteiger partial charge in [0.1, 0.15) is 5.60 Å². The zero-order valence-corrected chi connectivity index (χ0v) is 12.4. The Morgan fingerprint density at radius 1 is 1.42 bits per heavy atom. The van der Waals surface area contributed by atoms with Gasteiger partial charge < -0.3 is 4.74 Å². The fraction of sp³-hybridized carbons (Fsp3) is 0.562. The molecule has 0 aromatic heterocycles. The van der Waals surface area contributed by atoms with Crippen molar-refractivity contribution in [1.29, 1.82) is 0 Å². The van der Waals surface area contributed by atoms with Crippen LogP contribution in [0.15, 0.2) is 24.3 Å². The summed E-state index contributed by atoms with van der Waals surface area (Å²) in [6, 6.07) is 8.20. The zero-order chi connectivity index (χ0) is 13.9. The molecule has 2 rings (SSSR count). The molecule has 3 heteroatoms. The van der Waals surface area contributed by atoms with E-state index in [4.69, 9.17) is 16.3 Å². The van der Waals surface area contributed by atoms with Crippen LogP contribution in [0, 0.1) is 5.92 Å². The van der Waals surface area contributed by atoms with Gasteiger partial charge in [-0.2, -0.15) is 0 Å². The van der Waals surface area contributed by atoms with Gasteiger partial charge in [0.05, 0.1) is 0 Å². The van der Waals surface area contributed by atoms with Crippen molar-refractivity contribution in [2.45, 2.75) is 51.6 Å². The molecule has 0 saturated carbocycles. The van der Waals surface area contributed by atoms with Gasteiger partial charge in [0.2, 0.25) is 0 Å². The van der Waals surface area contributed by atoms with Crippen LogP contribution in [-0.2, 0) is 16.8 Å². The summed E-state index contributed by atoms with van der Waals surface area (Å²) in [7, 11) is 0. The van der Waals surface area contributed by atoms with Crippen LogP contribution in [0.3, 0.4) is 0 Å². The molecule has 0 heterocycles. The zero-order valence-electron chi connectivity index (χ0n) is 11.6. The number of rotatable bonds is 5. The molecule has 1 aromatic rings. The maximum Gasteiger partial charge on any atom is 0.404 e. The third-order valence-electron chi connectivity index (χ3n) is 4.25. The van der Waals surface area contributed by atoms with Crippen LogP contribution in [-0.4, -0.2) is 5.43 Å². The second kappa shape index (κ2) is 5.96. The summed E-state index contributed by atoms with van der Waals surface area (Å²) in [6.07, 6.45) is 5.64. The Hall–Kier alpha value is -1.02. The number of unbranched alkanes of at least 4 members (excludes halogenated alkanes) is 2. The Morgan fingerprint density at radius 2 is 2.16 bits per heavy atom. The number of ether oxygens (including phenoxy) is 1. The second-order valence-electron chi connectivity index (χ2n) is 5.50. The first-order chi connectivity index (χ1) is 9.08. The molecule has 19 heavy (non-hydrogen) atoms. The summed E-state index contributed by atoms with van der Waals surface area (Å²) in [6.45, 7) is 4.19. The average molecular weight is 281 g/mol. The third-order valence-corrected chi connectivity index (χ3v) is 4.32. The lowest BCUT2D eigenvalue weighted by Crippen LogP contribution is -2.32. The van der Waals surface area contributed by atoms with Crippen LogP contribution in [0.4, 0.5) is 4.79 Å². The van der Waals surface area contributed by atoms with E-state index in [2.05, 4.69) is 19.1 Å². The molecule has 0 N–H and O–H groups in total. The monoisotopic (exact) mass is 280 g/mol. The van der Waals surface area contributed by atoms with E-state index in [1.165, 1.54) is 24.8 Å². The summed E-state index contributed by atoms with van der Waals surface area (Å²) >= 11 is 5.48. The number of halogens is 1. The minimum Gasteiger partial charge on any atom is -0.442 e. The Morgan fingerprint density at radius 3 is 2.84 bits per heavy atom. The van der Waals surface area contributed by atoms with Gasteiger partial charge in [0, 0.05) is 17.5 Å². The van der Waals surface area contributed by atoms with Gasteiger partial charge in [-0.1, -0.05) is 50.5 Å². The molecule has 2 atom stereocenters. The molecular weight excluding hydrogens is 260 g/mol. The van der Waals surface area contributed by atoms with Crippen molar-refractivity contribution in [3.63, 3.8) is 0 Å². The van der Waals surface area contributed by atoms with Crippen LogP contribution >= 0.6 is 11.6 Å². The first kappa shape index (κ1) is 14.4. The second-order valence-corrected chi connectivity index (χ2v) is 5.81. The van der Waals surface area contributed by atoms with Crippen molar-refractivity contribution in [2.75, 3.05) is 0 Å². The first-order valence-corrected chi connectivity index (χ1v) is 7.42. The number of carbonyl (C=O) groups is 1. The molecule has 0 fully saturated rings. The predicted octanol–water partition coefficient (Wildman–Crippen LogP) is 5.03. The molecule has 0 radical (unpaired) electrons. The largest absolute Gasteiger partial charge is 0.442 e. The van der Waals surface area contributed by atoms with Crippen molar-refractivity contribution >= 4 is 17.0 Å². The Bertz CT molecular complexity index is 458. The van der Waals surface area contributed by atoms with Crippen LogP contribution < -0.4 is 0 Å². The summed E-state index contributed by atoms with van der Waals surface area (Å²) in [4.78, 5) is 11.2. The van der Waals surface area contributed by atoms with Gasteiger partial charge in [-0.15, -0.1) is 0 Å². The quantitative estimate of drug-likeness (QED) is 0.558. The van der Waals surface area contributed by atoms with Gasteiger partial charge >= 0.3 is 5.43 Å². The van der Waals surface area contributed by atoms with Crippen molar-refractivity contribution in [3.8, 4) is 0 Å². The maximum absolute atomic E-state index is 11.2. The highest BCUT2D eigenvalue weighted by Crippen LogP contribution is 2.46. The van der Waals surface area contributed by atoms with Crippen molar-refractivity contribution < 1.29 is 9.53 Å². The van der Waals surface area contributed by atoms with Crippen LogP contribution in [0.1, 0.15) is 50.7 Å². The summed E-state index contributed by atoms with van der Waals surface area (Å²) in [5.74, 6) is 0.333. The normalized spacial score (nSPS) is 25.1. The topological polar surface area (TPSA) is 26.3 Å². The van der Waals surface area contributed by atoms with Gasteiger partial charge in [0.15, 0.2) is 0 Å². The maximum atomic E-state index is 11.2. The van der Waals surface area contributed by atoms with E-state index in [0.29, 0.717) is 5.92 Å². The number of hydrogen-bond acceptors (Lipinski definition) is 2. The molecule has 0 amide bonds. The summed E-state index contributed by atoms with van der Waals surface area (Å²) < 4.78 is 5.49. The fourth-order valence-corrected chi connectivity index (χ4v) is 3.35. The molecule has 0 saturated heterocycles. The van der Waals surface area contributed by atoms with E-state index in [0.717, 1.165) is 18.4 Å². The fourth-order valence-electron chi connectivity index (χ4n) is 3.19. The standard InChI is InChI=1S/C16H21ClO2/c1-3-4-5-9-13-11-12-8-6-7-10-14(12)16(13,2)19-15(17)18/h6-8,10,13H,3-5,9,11H2,1-2H3. The van der Waals surface area contributed by atoms with Gasteiger partial charge in [-0.25, -0.2) is 4.79 Å². The Kier molecular flexibility index (Phi) is 4.51.